The molecular weight excluding hydrogens is 679 g/mol. The van der Waals surface area contributed by atoms with E-state index in [0.717, 1.165) is 43.4 Å². The van der Waals surface area contributed by atoms with Gasteiger partial charge in [-0.15, -0.1) is 19.0 Å². The van der Waals surface area contributed by atoms with Crippen LogP contribution in [0.5, 0.6) is 0 Å². The van der Waals surface area contributed by atoms with E-state index in [1.807, 2.05) is 14.1 Å². The normalized spacial score (nSPS) is 13.2. The number of rotatable bonds is 38. The lowest BCUT2D eigenvalue weighted by molar-refractivity contribution is -0.858. The van der Waals surface area contributed by atoms with Crippen LogP contribution in [0.1, 0.15) is 174 Å². The van der Waals surface area contributed by atoms with Crippen molar-refractivity contribution in [3.63, 3.8) is 0 Å². The van der Waals surface area contributed by atoms with Crippen LogP contribution in [0.15, 0.2) is 0 Å². The van der Waals surface area contributed by atoms with E-state index in [1.165, 1.54) is 109 Å². The Bertz CT molecular complexity index is 809. The van der Waals surface area contributed by atoms with E-state index in [0.29, 0.717) is 13.0 Å². The van der Waals surface area contributed by atoms with Crippen LogP contribution in [0.4, 0.5) is 0 Å². The van der Waals surface area contributed by atoms with E-state index < -0.39 is 26.4 Å². The van der Waals surface area contributed by atoms with E-state index >= 15 is 0 Å². The average molecular weight is 757 g/mol. The molecule has 0 spiro atoms. The Morgan fingerprint density at radius 3 is 1.48 bits per heavy atom. The fourth-order valence-corrected chi connectivity index (χ4v) is 6.84. The molecule has 10 nitrogen and oxygen atoms in total. The summed E-state index contributed by atoms with van der Waals surface area (Å²) in [7, 11) is 0.0603. The van der Waals surface area contributed by atoms with Crippen molar-refractivity contribution < 1.29 is 42.7 Å². The predicted molar refractivity (Wildman–Crippen MR) is 205 cm³/mol. The molecule has 0 saturated carbocycles. The summed E-state index contributed by atoms with van der Waals surface area (Å²) >= 11 is 0. The molecule has 0 fully saturated rings. The lowest BCUT2D eigenvalue weighted by Gasteiger charge is -2.23. The Hall–Kier alpha value is -0.740. The molecule has 0 aromatic rings. The number of nitrogens with one attached hydrogen (secondary N) is 2. The van der Waals surface area contributed by atoms with Crippen molar-refractivity contribution in [2.45, 2.75) is 180 Å². The predicted octanol–water partition coefficient (Wildman–Crippen LogP) is 7.89. The Morgan fingerprint density at radius 2 is 1.06 bits per heavy atom. The minimum Gasteiger partial charge on any atom is -0.854 e. The van der Waals surface area contributed by atoms with Crippen LogP contribution in [-0.4, -0.2) is 71.7 Å². The molecule has 0 rings (SSSR count). The first-order valence-electron chi connectivity index (χ1n) is 20.1. The van der Waals surface area contributed by atoms with Gasteiger partial charge < -0.3 is 19.5 Å². The van der Waals surface area contributed by atoms with Gasteiger partial charge in [0, 0.05) is 12.8 Å². The van der Waals surface area contributed by atoms with Crippen molar-refractivity contribution in [1.29, 1.82) is 0 Å². The van der Waals surface area contributed by atoms with E-state index in [4.69, 9.17) is 18.5 Å². The second-order valence-corrected chi connectivity index (χ2v) is 15.7. The number of esters is 2. The van der Waals surface area contributed by atoms with Gasteiger partial charge in [-0.05, 0) is 19.4 Å². The minimum atomic E-state index is -3.82. The van der Waals surface area contributed by atoms with Gasteiger partial charge in [-0.2, -0.15) is 0 Å². The summed E-state index contributed by atoms with van der Waals surface area (Å²) in [6.07, 6.45) is 27.2. The number of likely N-dealkylation sites (N-methyl/N-ethyl adjacent to an activating group) is 1. The molecule has 0 aliphatic rings. The number of quaternary nitrogens is 1. The van der Waals surface area contributed by atoms with Crippen molar-refractivity contribution in [3.05, 3.63) is 0 Å². The van der Waals surface area contributed by atoms with Gasteiger partial charge in [0.15, 0.2) is 6.10 Å². The Morgan fingerprint density at radius 1 is 0.640 bits per heavy atom. The molecule has 2 atom stereocenters. The molecular formula is C38H78ClN2O8P. The van der Waals surface area contributed by atoms with Crippen LogP contribution in [0.25, 0.3) is 0 Å². The van der Waals surface area contributed by atoms with Crippen LogP contribution in [0, 0.1) is 0 Å². The Kier molecular flexibility index (Phi) is 39.0. The Balaban J connectivity index is 0. The SMILES string of the molecule is CCCCCCCCCCCCCCC(=O)OC(COC(=O)CCCCCCCCCCCCC)COP(=O)(NCC[O-])OCC[NH+](C)C.Cl. The first-order chi connectivity index (χ1) is 23.8. The first-order valence-corrected chi connectivity index (χ1v) is 21.7. The van der Waals surface area contributed by atoms with Gasteiger partial charge in [0.25, 0.3) is 0 Å². The number of halogens is 1. The molecule has 2 unspecified atom stereocenters. The zero-order valence-corrected chi connectivity index (χ0v) is 34.3. The van der Waals surface area contributed by atoms with E-state index in [2.05, 4.69) is 18.9 Å². The maximum absolute atomic E-state index is 13.3. The van der Waals surface area contributed by atoms with Crippen molar-refractivity contribution in [1.82, 2.24) is 5.09 Å². The summed E-state index contributed by atoms with van der Waals surface area (Å²) in [6.45, 7) is 4.16. The molecule has 300 valence electrons. The summed E-state index contributed by atoms with van der Waals surface area (Å²) in [4.78, 5) is 26.3. The highest BCUT2D eigenvalue weighted by Gasteiger charge is 2.28. The summed E-state index contributed by atoms with van der Waals surface area (Å²) in [5, 5.41) is 13.6. The monoisotopic (exact) mass is 757 g/mol. The van der Waals surface area contributed by atoms with Crippen molar-refractivity contribution in [2.75, 3.05) is 53.6 Å². The number of hydrogen-bond donors (Lipinski definition) is 2. The van der Waals surface area contributed by atoms with Crippen LogP contribution in [0.3, 0.4) is 0 Å². The number of unbranched alkanes of at least 4 members (excludes halogenated alkanes) is 21. The lowest BCUT2D eigenvalue weighted by Crippen LogP contribution is -3.06. The first kappa shape index (κ1) is 51.4. The summed E-state index contributed by atoms with van der Waals surface area (Å²) in [5.41, 5.74) is 0. The van der Waals surface area contributed by atoms with Crippen molar-refractivity contribution >= 4 is 32.1 Å². The van der Waals surface area contributed by atoms with Gasteiger partial charge in [-0.3, -0.25) is 18.6 Å². The maximum atomic E-state index is 13.3. The van der Waals surface area contributed by atoms with E-state index in [1.54, 1.807) is 0 Å². The van der Waals surface area contributed by atoms with Crippen LogP contribution < -0.4 is 15.1 Å². The van der Waals surface area contributed by atoms with Gasteiger partial charge in [0.1, 0.15) is 19.8 Å². The molecule has 0 heterocycles. The highest BCUT2D eigenvalue weighted by molar-refractivity contribution is 7.51. The van der Waals surface area contributed by atoms with E-state index in [9.17, 15) is 19.3 Å². The smallest absolute Gasteiger partial charge is 0.405 e. The topological polar surface area (TPSA) is 128 Å². The zero-order chi connectivity index (χ0) is 36.3. The summed E-state index contributed by atoms with van der Waals surface area (Å²) < 4.78 is 35.5. The maximum Gasteiger partial charge on any atom is 0.405 e. The van der Waals surface area contributed by atoms with Crippen LogP contribution >= 0.6 is 20.2 Å². The largest absolute Gasteiger partial charge is 0.854 e. The third-order valence-electron chi connectivity index (χ3n) is 8.65. The quantitative estimate of drug-likeness (QED) is 0.0367. The molecule has 0 amide bonds. The number of ether oxygens (including phenoxy) is 2. The molecule has 0 bridgehead atoms. The van der Waals surface area contributed by atoms with Crippen LogP contribution in [0.2, 0.25) is 0 Å². The summed E-state index contributed by atoms with van der Waals surface area (Å²) in [6, 6.07) is 0. The fourth-order valence-electron chi connectivity index (χ4n) is 5.53. The molecule has 0 aromatic heterocycles. The summed E-state index contributed by atoms with van der Waals surface area (Å²) in [5.74, 6) is -0.752. The van der Waals surface area contributed by atoms with Crippen molar-refractivity contribution in [3.8, 4) is 0 Å². The third-order valence-corrected chi connectivity index (χ3v) is 10.3. The number of hydrogen-bond acceptors (Lipinski definition) is 8. The highest BCUT2D eigenvalue weighted by atomic mass is 35.5. The van der Waals surface area contributed by atoms with E-state index in [-0.39, 0.29) is 51.2 Å². The zero-order valence-electron chi connectivity index (χ0n) is 32.6. The van der Waals surface area contributed by atoms with Gasteiger partial charge in [-0.1, -0.05) is 149 Å². The minimum absolute atomic E-state index is 0. The standard InChI is InChI=1S/C38H76N2O8P.ClH/c1-5-7-9-11-13-15-17-19-21-23-25-27-29-38(43)48-36(35-47-49(44,39-30-32-41)46-33-31-40(3)4)34-45-37(42)28-26-24-22-20-18-16-14-12-10-8-6-2;/h36H,5-35H2,1-4H3,(H,39,44);1H/q-1;/p+1. The second kappa shape index (κ2) is 38.0. The molecule has 0 aliphatic carbocycles. The fraction of sp³-hybridized carbons (Fsp3) is 0.947. The lowest BCUT2D eigenvalue weighted by atomic mass is 10.0. The van der Waals surface area contributed by atoms with Gasteiger partial charge >= 0.3 is 19.7 Å². The highest BCUT2D eigenvalue weighted by Crippen LogP contribution is 2.43. The Labute approximate surface area is 313 Å². The molecule has 0 aromatic carbocycles. The molecule has 50 heavy (non-hydrogen) atoms. The molecule has 0 saturated heterocycles. The molecule has 2 N–H and O–H groups in total. The van der Waals surface area contributed by atoms with Gasteiger partial charge in [0.05, 0.1) is 20.7 Å². The van der Waals surface area contributed by atoms with Gasteiger partial charge in [-0.25, -0.2) is 9.65 Å². The second-order valence-electron chi connectivity index (χ2n) is 13.9. The van der Waals surface area contributed by atoms with Crippen LogP contribution in [-0.2, 0) is 32.7 Å². The molecule has 0 radical (unpaired) electrons. The number of carbonyl (C=O) groups excluding carboxylic acids is 2. The number of carbonyl (C=O) groups is 2. The van der Waals surface area contributed by atoms with Gasteiger partial charge in [0.2, 0.25) is 0 Å². The van der Waals surface area contributed by atoms with Crippen molar-refractivity contribution in [2.24, 2.45) is 0 Å². The third kappa shape index (κ3) is 35.7. The molecule has 12 heteroatoms. The average Bonchev–Trinajstić information content (AvgIpc) is 3.07. The molecule has 0 aliphatic heterocycles.